The molecule has 3 rings (SSSR count). The van der Waals surface area contributed by atoms with E-state index in [-0.39, 0.29) is 0 Å². The van der Waals surface area contributed by atoms with Crippen molar-refractivity contribution in [1.29, 1.82) is 0 Å². The van der Waals surface area contributed by atoms with Crippen LogP contribution in [0.15, 0.2) is 36.5 Å². The third kappa shape index (κ3) is 3.70. The Morgan fingerprint density at radius 2 is 1.95 bits per heavy atom. The minimum Gasteiger partial charge on any atom is -0.379 e. The lowest BCUT2D eigenvalue weighted by molar-refractivity contribution is 0.0205. The van der Waals surface area contributed by atoms with Crippen LogP contribution < -0.4 is 0 Å². The summed E-state index contributed by atoms with van der Waals surface area (Å²) < 4.78 is 5.40. The second kappa shape index (κ2) is 6.86. The van der Waals surface area contributed by atoms with Crippen LogP contribution in [0.3, 0.4) is 0 Å². The van der Waals surface area contributed by atoms with E-state index in [2.05, 4.69) is 28.6 Å². The Morgan fingerprint density at radius 3 is 2.71 bits per heavy atom. The number of aromatic nitrogens is 1. The van der Waals surface area contributed by atoms with Gasteiger partial charge in [0.05, 0.1) is 13.2 Å². The van der Waals surface area contributed by atoms with Crippen molar-refractivity contribution >= 4 is 11.3 Å². The zero-order valence-electron chi connectivity index (χ0n) is 12.1. The van der Waals surface area contributed by atoms with Crippen LogP contribution in [0.4, 0.5) is 0 Å². The topological polar surface area (TPSA) is 25.4 Å². The van der Waals surface area contributed by atoms with Gasteiger partial charge in [0.15, 0.2) is 5.01 Å². The molecule has 0 aliphatic carbocycles. The van der Waals surface area contributed by atoms with Crippen molar-refractivity contribution in [2.75, 3.05) is 26.3 Å². The predicted molar refractivity (Wildman–Crippen MR) is 85.3 cm³/mol. The first-order valence-corrected chi connectivity index (χ1v) is 7.99. The van der Waals surface area contributed by atoms with Gasteiger partial charge in [-0.3, -0.25) is 4.90 Å². The molecule has 0 radical (unpaired) electrons. The SMILES string of the molecule is CC(c1cnc(C#Cc2ccccc2)s1)N1CCOCC1. The lowest BCUT2D eigenvalue weighted by Gasteiger charge is -2.31. The minimum absolute atomic E-state index is 0.388. The van der Waals surface area contributed by atoms with Crippen LogP contribution in [-0.4, -0.2) is 36.2 Å². The summed E-state index contributed by atoms with van der Waals surface area (Å²) in [5, 5.41) is 0.883. The van der Waals surface area contributed by atoms with Crippen LogP contribution >= 0.6 is 11.3 Å². The molecule has 4 heteroatoms. The summed E-state index contributed by atoms with van der Waals surface area (Å²) >= 11 is 1.69. The smallest absolute Gasteiger partial charge is 0.167 e. The molecule has 1 saturated heterocycles. The third-order valence-electron chi connectivity index (χ3n) is 3.62. The molecule has 1 unspecified atom stereocenters. The molecule has 1 fully saturated rings. The molecule has 0 N–H and O–H groups in total. The maximum atomic E-state index is 5.40. The predicted octanol–water partition coefficient (Wildman–Crippen LogP) is 2.94. The fraction of sp³-hybridized carbons (Fsp3) is 0.353. The van der Waals surface area contributed by atoms with Gasteiger partial charge >= 0.3 is 0 Å². The van der Waals surface area contributed by atoms with Gasteiger partial charge in [0, 0.05) is 35.8 Å². The summed E-state index contributed by atoms with van der Waals surface area (Å²) in [6, 6.07) is 10.4. The Bertz CT molecular complexity index is 636. The standard InChI is InChI=1S/C17H18N2OS/c1-14(19-9-11-20-12-10-19)16-13-18-17(21-16)8-7-15-5-3-2-4-6-15/h2-6,13-14H,9-12H2,1H3. The highest BCUT2D eigenvalue weighted by molar-refractivity contribution is 7.12. The van der Waals surface area contributed by atoms with E-state index in [4.69, 9.17) is 4.74 Å². The second-order valence-corrected chi connectivity index (χ2v) is 6.07. The van der Waals surface area contributed by atoms with Crippen molar-refractivity contribution in [3.05, 3.63) is 52.0 Å². The molecule has 1 aromatic heterocycles. The monoisotopic (exact) mass is 298 g/mol. The molecule has 3 nitrogen and oxygen atoms in total. The maximum Gasteiger partial charge on any atom is 0.167 e. The lowest BCUT2D eigenvalue weighted by atomic mass is 10.2. The van der Waals surface area contributed by atoms with Gasteiger partial charge in [-0.2, -0.15) is 0 Å². The van der Waals surface area contributed by atoms with E-state index >= 15 is 0 Å². The number of hydrogen-bond donors (Lipinski definition) is 0. The number of nitrogens with zero attached hydrogens (tertiary/aromatic N) is 2. The molecular formula is C17H18N2OS. The highest BCUT2D eigenvalue weighted by Gasteiger charge is 2.20. The van der Waals surface area contributed by atoms with Crippen LogP contribution in [0.25, 0.3) is 0 Å². The second-order valence-electron chi connectivity index (χ2n) is 5.01. The summed E-state index contributed by atoms with van der Waals surface area (Å²) in [7, 11) is 0. The van der Waals surface area contributed by atoms with Gasteiger partial charge in [-0.15, -0.1) is 11.3 Å². The van der Waals surface area contributed by atoms with Crippen LogP contribution in [0.2, 0.25) is 0 Å². The van der Waals surface area contributed by atoms with Crippen molar-refractivity contribution in [2.45, 2.75) is 13.0 Å². The fourth-order valence-electron chi connectivity index (χ4n) is 2.33. The summed E-state index contributed by atoms with van der Waals surface area (Å²) in [5.41, 5.74) is 1.02. The molecule has 1 aliphatic heterocycles. The van der Waals surface area contributed by atoms with E-state index in [9.17, 15) is 0 Å². The Kier molecular flexibility index (Phi) is 4.66. The lowest BCUT2D eigenvalue weighted by Crippen LogP contribution is -2.37. The molecule has 0 saturated carbocycles. The Morgan fingerprint density at radius 1 is 1.19 bits per heavy atom. The van der Waals surface area contributed by atoms with Gasteiger partial charge in [0.2, 0.25) is 0 Å². The van der Waals surface area contributed by atoms with E-state index < -0.39 is 0 Å². The van der Waals surface area contributed by atoms with Gasteiger partial charge in [0.25, 0.3) is 0 Å². The molecule has 2 heterocycles. The zero-order valence-corrected chi connectivity index (χ0v) is 12.9. The molecule has 1 atom stereocenters. The number of morpholine rings is 1. The average molecular weight is 298 g/mol. The van der Waals surface area contributed by atoms with Crippen LogP contribution in [-0.2, 0) is 4.74 Å². The van der Waals surface area contributed by atoms with E-state index in [0.717, 1.165) is 36.9 Å². The Hall–Kier alpha value is -1.67. The highest BCUT2D eigenvalue weighted by atomic mass is 32.1. The molecular weight excluding hydrogens is 280 g/mol. The number of ether oxygens (including phenoxy) is 1. The average Bonchev–Trinajstić information content (AvgIpc) is 3.03. The first-order chi connectivity index (χ1) is 10.3. The van der Waals surface area contributed by atoms with Crippen molar-refractivity contribution < 1.29 is 4.74 Å². The summed E-state index contributed by atoms with van der Waals surface area (Å²) in [6.07, 6.45) is 1.96. The molecule has 0 amide bonds. The molecule has 2 aromatic rings. The van der Waals surface area contributed by atoms with E-state index in [1.54, 1.807) is 11.3 Å². The van der Waals surface area contributed by atoms with Gasteiger partial charge in [-0.05, 0) is 25.0 Å². The van der Waals surface area contributed by atoms with Crippen molar-refractivity contribution in [3.8, 4) is 11.8 Å². The maximum absolute atomic E-state index is 5.40. The summed E-state index contributed by atoms with van der Waals surface area (Å²) in [6.45, 7) is 5.86. The number of rotatable bonds is 2. The quantitative estimate of drug-likeness (QED) is 0.797. The number of benzene rings is 1. The van der Waals surface area contributed by atoms with Crippen molar-refractivity contribution in [3.63, 3.8) is 0 Å². The summed E-state index contributed by atoms with van der Waals surface area (Å²) in [4.78, 5) is 8.14. The molecule has 1 aromatic carbocycles. The minimum atomic E-state index is 0.388. The van der Waals surface area contributed by atoms with Crippen molar-refractivity contribution in [1.82, 2.24) is 9.88 Å². The van der Waals surface area contributed by atoms with Crippen molar-refractivity contribution in [2.24, 2.45) is 0 Å². The van der Waals surface area contributed by atoms with E-state index in [1.807, 2.05) is 36.5 Å². The highest BCUT2D eigenvalue weighted by Crippen LogP contribution is 2.26. The van der Waals surface area contributed by atoms with Crippen LogP contribution in [0.1, 0.15) is 28.4 Å². The first kappa shape index (κ1) is 14.3. The number of hydrogen-bond acceptors (Lipinski definition) is 4. The number of thiazole rings is 1. The molecule has 0 spiro atoms. The van der Waals surface area contributed by atoms with E-state index in [1.165, 1.54) is 4.88 Å². The molecule has 0 bridgehead atoms. The fourth-order valence-corrected chi connectivity index (χ4v) is 3.19. The molecule has 1 aliphatic rings. The summed E-state index contributed by atoms with van der Waals surface area (Å²) in [5.74, 6) is 6.31. The third-order valence-corrected chi connectivity index (χ3v) is 4.70. The van der Waals surface area contributed by atoms with Crippen LogP contribution in [0, 0.1) is 11.8 Å². The largest absolute Gasteiger partial charge is 0.379 e. The van der Waals surface area contributed by atoms with Gasteiger partial charge in [-0.1, -0.05) is 24.1 Å². The van der Waals surface area contributed by atoms with Crippen LogP contribution in [0.5, 0.6) is 0 Å². The zero-order chi connectivity index (χ0) is 14.5. The van der Waals surface area contributed by atoms with Gasteiger partial charge in [0.1, 0.15) is 0 Å². The normalized spacial score (nSPS) is 17.0. The Balaban J connectivity index is 1.70. The first-order valence-electron chi connectivity index (χ1n) is 7.17. The van der Waals surface area contributed by atoms with E-state index in [0.29, 0.717) is 6.04 Å². The van der Waals surface area contributed by atoms with Gasteiger partial charge < -0.3 is 4.74 Å². The van der Waals surface area contributed by atoms with Gasteiger partial charge in [-0.25, -0.2) is 4.98 Å². The Labute approximate surface area is 129 Å². The molecule has 21 heavy (non-hydrogen) atoms. The molecule has 108 valence electrons.